The molecule has 84 valence electrons. The molecular formula is C12H20N2O. The molecule has 3 heteroatoms. The van der Waals surface area contributed by atoms with Crippen molar-refractivity contribution in [3.05, 3.63) is 29.6 Å². The Kier molecular flexibility index (Phi) is 5.29. The molecule has 1 heterocycles. The van der Waals surface area contributed by atoms with E-state index in [1.165, 1.54) is 5.56 Å². The summed E-state index contributed by atoms with van der Waals surface area (Å²) in [6.07, 6.45) is 2.90. The van der Waals surface area contributed by atoms with Crippen LogP contribution in [0.3, 0.4) is 0 Å². The standard InChI is InChI=1S/C12H20N2O/c1-4-11(9-15-3)14-8-12-10(2)6-5-7-13-12/h5-7,11,14H,4,8-9H2,1-3H3. The van der Waals surface area contributed by atoms with Crippen molar-refractivity contribution in [1.82, 2.24) is 10.3 Å². The summed E-state index contributed by atoms with van der Waals surface area (Å²) in [7, 11) is 1.73. The summed E-state index contributed by atoms with van der Waals surface area (Å²) in [6.45, 7) is 5.81. The molecule has 0 amide bonds. The van der Waals surface area contributed by atoms with Crippen LogP contribution in [0.1, 0.15) is 24.6 Å². The highest BCUT2D eigenvalue weighted by molar-refractivity contribution is 5.17. The molecule has 0 saturated carbocycles. The number of pyridine rings is 1. The largest absolute Gasteiger partial charge is 0.383 e. The second kappa shape index (κ2) is 6.53. The zero-order valence-electron chi connectivity index (χ0n) is 9.79. The average molecular weight is 208 g/mol. The lowest BCUT2D eigenvalue weighted by molar-refractivity contribution is 0.163. The normalized spacial score (nSPS) is 12.7. The van der Waals surface area contributed by atoms with Crippen LogP contribution >= 0.6 is 0 Å². The first-order valence-electron chi connectivity index (χ1n) is 5.40. The molecule has 0 radical (unpaired) electrons. The minimum Gasteiger partial charge on any atom is -0.383 e. The molecule has 1 aromatic rings. The molecule has 0 aliphatic heterocycles. The number of hydrogen-bond acceptors (Lipinski definition) is 3. The van der Waals surface area contributed by atoms with Gasteiger partial charge in [-0.3, -0.25) is 4.98 Å². The van der Waals surface area contributed by atoms with Gasteiger partial charge in [-0.15, -0.1) is 0 Å². The van der Waals surface area contributed by atoms with Crippen LogP contribution < -0.4 is 5.32 Å². The Hall–Kier alpha value is -0.930. The lowest BCUT2D eigenvalue weighted by Gasteiger charge is -2.16. The zero-order chi connectivity index (χ0) is 11.1. The monoisotopic (exact) mass is 208 g/mol. The summed E-state index contributed by atoms with van der Waals surface area (Å²) in [5.41, 5.74) is 2.35. The number of nitrogens with zero attached hydrogens (tertiary/aromatic N) is 1. The summed E-state index contributed by atoms with van der Waals surface area (Å²) in [6, 6.07) is 4.46. The van der Waals surface area contributed by atoms with Crippen LogP contribution in [0.4, 0.5) is 0 Å². The van der Waals surface area contributed by atoms with Gasteiger partial charge < -0.3 is 10.1 Å². The van der Waals surface area contributed by atoms with Crippen molar-refractivity contribution in [2.75, 3.05) is 13.7 Å². The summed E-state index contributed by atoms with van der Waals surface area (Å²) < 4.78 is 5.13. The Balaban J connectivity index is 2.45. The molecule has 0 saturated heterocycles. The maximum atomic E-state index is 5.13. The molecule has 0 aromatic carbocycles. The van der Waals surface area contributed by atoms with E-state index in [0.717, 1.165) is 25.3 Å². The maximum absolute atomic E-state index is 5.13. The van der Waals surface area contributed by atoms with Crippen molar-refractivity contribution in [1.29, 1.82) is 0 Å². The molecule has 3 nitrogen and oxygen atoms in total. The van der Waals surface area contributed by atoms with Gasteiger partial charge in [-0.05, 0) is 25.0 Å². The van der Waals surface area contributed by atoms with Crippen molar-refractivity contribution in [3.8, 4) is 0 Å². The molecule has 0 bridgehead atoms. The predicted octanol–water partition coefficient (Wildman–Crippen LogP) is 1.90. The van der Waals surface area contributed by atoms with E-state index in [4.69, 9.17) is 4.74 Å². The van der Waals surface area contributed by atoms with Crippen LogP contribution in [0.15, 0.2) is 18.3 Å². The number of hydrogen-bond donors (Lipinski definition) is 1. The number of methoxy groups -OCH3 is 1. The Morgan fingerprint density at radius 1 is 1.53 bits per heavy atom. The number of nitrogens with one attached hydrogen (secondary N) is 1. The van der Waals surface area contributed by atoms with Crippen LogP contribution in [-0.4, -0.2) is 24.7 Å². The first-order chi connectivity index (χ1) is 7.27. The Morgan fingerprint density at radius 3 is 2.93 bits per heavy atom. The molecule has 1 unspecified atom stereocenters. The van der Waals surface area contributed by atoms with Crippen molar-refractivity contribution in [2.45, 2.75) is 32.9 Å². The van der Waals surface area contributed by atoms with E-state index in [-0.39, 0.29) is 0 Å². The molecule has 0 fully saturated rings. The van der Waals surface area contributed by atoms with E-state index in [0.29, 0.717) is 6.04 Å². The van der Waals surface area contributed by atoms with E-state index >= 15 is 0 Å². The van der Waals surface area contributed by atoms with Crippen LogP contribution in [0.2, 0.25) is 0 Å². The third-order valence-corrected chi connectivity index (χ3v) is 2.54. The lowest BCUT2D eigenvalue weighted by Crippen LogP contribution is -2.32. The van der Waals surface area contributed by atoms with Crippen LogP contribution in [0.5, 0.6) is 0 Å². The quantitative estimate of drug-likeness (QED) is 0.775. The molecule has 0 aliphatic rings. The smallest absolute Gasteiger partial charge is 0.0615 e. The summed E-state index contributed by atoms with van der Waals surface area (Å²) in [4.78, 5) is 4.34. The Labute approximate surface area is 91.9 Å². The summed E-state index contributed by atoms with van der Waals surface area (Å²) >= 11 is 0. The third-order valence-electron chi connectivity index (χ3n) is 2.54. The third kappa shape index (κ3) is 3.98. The second-order valence-electron chi connectivity index (χ2n) is 3.71. The van der Waals surface area contributed by atoms with Gasteiger partial charge in [0.2, 0.25) is 0 Å². The van der Waals surface area contributed by atoms with Gasteiger partial charge in [0.25, 0.3) is 0 Å². The molecule has 1 aromatic heterocycles. The molecule has 15 heavy (non-hydrogen) atoms. The van der Waals surface area contributed by atoms with Crippen molar-refractivity contribution in [3.63, 3.8) is 0 Å². The van der Waals surface area contributed by atoms with Crippen LogP contribution in [0, 0.1) is 6.92 Å². The Morgan fingerprint density at radius 2 is 2.33 bits per heavy atom. The predicted molar refractivity (Wildman–Crippen MR) is 61.8 cm³/mol. The molecular weight excluding hydrogens is 188 g/mol. The van der Waals surface area contributed by atoms with E-state index in [2.05, 4.69) is 30.2 Å². The van der Waals surface area contributed by atoms with Gasteiger partial charge in [-0.25, -0.2) is 0 Å². The zero-order valence-corrected chi connectivity index (χ0v) is 9.79. The molecule has 0 aliphatic carbocycles. The molecule has 1 N–H and O–H groups in total. The van der Waals surface area contributed by atoms with Crippen molar-refractivity contribution < 1.29 is 4.74 Å². The fraction of sp³-hybridized carbons (Fsp3) is 0.583. The van der Waals surface area contributed by atoms with E-state index in [9.17, 15) is 0 Å². The average Bonchev–Trinajstić information content (AvgIpc) is 2.26. The number of ether oxygens (including phenoxy) is 1. The van der Waals surface area contributed by atoms with Crippen molar-refractivity contribution in [2.24, 2.45) is 0 Å². The van der Waals surface area contributed by atoms with Gasteiger partial charge in [0.15, 0.2) is 0 Å². The fourth-order valence-corrected chi connectivity index (χ4v) is 1.47. The maximum Gasteiger partial charge on any atom is 0.0615 e. The Bertz CT molecular complexity index is 289. The minimum atomic E-state index is 0.413. The fourth-order valence-electron chi connectivity index (χ4n) is 1.47. The number of aryl methyl sites for hydroxylation is 1. The van der Waals surface area contributed by atoms with E-state index < -0.39 is 0 Å². The summed E-state index contributed by atoms with van der Waals surface area (Å²) in [5.74, 6) is 0. The van der Waals surface area contributed by atoms with Gasteiger partial charge >= 0.3 is 0 Å². The first kappa shape index (κ1) is 12.1. The van der Waals surface area contributed by atoms with Crippen LogP contribution in [0.25, 0.3) is 0 Å². The van der Waals surface area contributed by atoms with E-state index in [1.807, 2.05) is 12.3 Å². The lowest BCUT2D eigenvalue weighted by atomic mass is 10.2. The molecule has 0 spiro atoms. The van der Waals surface area contributed by atoms with Crippen molar-refractivity contribution >= 4 is 0 Å². The molecule has 1 atom stereocenters. The highest BCUT2D eigenvalue weighted by Gasteiger charge is 2.06. The highest BCUT2D eigenvalue weighted by atomic mass is 16.5. The first-order valence-corrected chi connectivity index (χ1v) is 5.40. The van der Waals surface area contributed by atoms with Crippen LogP contribution in [-0.2, 0) is 11.3 Å². The van der Waals surface area contributed by atoms with Gasteiger partial charge in [0, 0.05) is 25.9 Å². The van der Waals surface area contributed by atoms with Gasteiger partial charge in [0.1, 0.15) is 0 Å². The number of rotatable bonds is 6. The summed E-state index contributed by atoms with van der Waals surface area (Å²) in [5, 5.41) is 3.44. The van der Waals surface area contributed by atoms with Gasteiger partial charge in [-0.2, -0.15) is 0 Å². The second-order valence-corrected chi connectivity index (χ2v) is 3.71. The van der Waals surface area contributed by atoms with Gasteiger partial charge in [0.05, 0.1) is 12.3 Å². The van der Waals surface area contributed by atoms with Gasteiger partial charge in [-0.1, -0.05) is 13.0 Å². The minimum absolute atomic E-state index is 0.413. The highest BCUT2D eigenvalue weighted by Crippen LogP contribution is 2.03. The molecule has 1 rings (SSSR count). The van der Waals surface area contributed by atoms with E-state index in [1.54, 1.807) is 7.11 Å². The SMILES string of the molecule is CCC(COC)NCc1ncccc1C. The number of aromatic nitrogens is 1. The topological polar surface area (TPSA) is 34.1 Å².